The molecule has 0 radical (unpaired) electrons. The molecule has 33 heavy (non-hydrogen) atoms. The molecular formula is C25H20BrFN2O4. The van der Waals surface area contributed by atoms with E-state index in [1.165, 1.54) is 42.5 Å². The van der Waals surface area contributed by atoms with Gasteiger partial charge in [0.25, 0.3) is 5.91 Å². The van der Waals surface area contributed by atoms with E-state index in [0.29, 0.717) is 33.8 Å². The number of aromatic hydroxyl groups is 1. The van der Waals surface area contributed by atoms with Crippen LogP contribution in [0.4, 0.5) is 10.1 Å². The van der Waals surface area contributed by atoms with Gasteiger partial charge in [-0.25, -0.2) is 4.39 Å². The number of phenols is 1. The first-order valence-electron chi connectivity index (χ1n) is 9.95. The zero-order chi connectivity index (χ0) is 23.8. The molecule has 0 bridgehead atoms. The van der Waals surface area contributed by atoms with E-state index in [4.69, 9.17) is 9.47 Å². The van der Waals surface area contributed by atoms with Gasteiger partial charge in [0, 0.05) is 5.69 Å². The van der Waals surface area contributed by atoms with Gasteiger partial charge in [-0.15, -0.1) is 0 Å². The molecule has 0 spiro atoms. The van der Waals surface area contributed by atoms with E-state index < -0.39 is 5.91 Å². The van der Waals surface area contributed by atoms with Crippen LogP contribution in [-0.2, 0) is 11.4 Å². The monoisotopic (exact) mass is 510 g/mol. The van der Waals surface area contributed by atoms with Crippen molar-refractivity contribution < 1.29 is 23.8 Å². The van der Waals surface area contributed by atoms with Crippen molar-refractivity contribution in [2.75, 3.05) is 11.9 Å². The normalized spacial score (nSPS) is 10.9. The van der Waals surface area contributed by atoms with Gasteiger partial charge in [0.1, 0.15) is 29.8 Å². The second kappa shape index (κ2) is 11.2. The first-order valence-corrected chi connectivity index (χ1v) is 10.7. The summed E-state index contributed by atoms with van der Waals surface area (Å²) in [5, 5.41) is 21.5. The van der Waals surface area contributed by atoms with Crippen LogP contribution in [0.15, 0.2) is 70.7 Å². The maximum absolute atomic E-state index is 13.1. The van der Waals surface area contributed by atoms with E-state index in [1.807, 2.05) is 13.0 Å². The van der Waals surface area contributed by atoms with Crippen LogP contribution in [0.1, 0.15) is 18.1 Å². The van der Waals surface area contributed by atoms with Gasteiger partial charge in [0.2, 0.25) is 0 Å². The summed E-state index contributed by atoms with van der Waals surface area (Å²) in [4.78, 5) is 12.5. The number of carbonyl (C=O) groups excluding carboxylic acids is 1. The Kier molecular flexibility index (Phi) is 8.06. The van der Waals surface area contributed by atoms with E-state index in [-0.39, 0.29) is 23.7 Å². The number of anilines is 1. The van der Waals surface area contributed by atoms with E-state index in [0.717, 1.165) is 5.56 Å². The molecule has 8 heteroatoms. The highest BCUT2D eigenvalue weighted by Crippen LogP contribution is 2.38. The second-order valence-corrected chi connectivity index (χ2v) is 7.70. The highest BCUT2D eigenvalue weighted by molar-refractivity contribution is 9.10. The zero-order valence-corrected chi connectivity index (χ0v) is 19.2. The number of rotatable bonds is 8. The molecule has 0 atom stereocenters. The summed E-state index contributed by atoms with van der Waals surface area (Å²) in [7, 11) is 0. The fourth-order valence-electron chi connectivity index (χ4n) is 2.87. The SMILES string of the molecule is CCOc1cc(/C=C(\C#N)C(=O)Nc2ccc(O)cc2)cc(Br)c1OCc1ccc(F)cc1. The summed E-state index contributed by atoms with van der Waals surface area (Å²) in [6.07, 6.45) is 1.44. The Bertz CT molecular complexity index is 1200. The second-order valence-electron chi connectivity index (χ2n) is 6.85. The average Bonchev–Trinajstić information content (AvgIpc) is 2.79. The molecular weight excluding hydrogens is 491 g/mol. The van der Waals surface area contributed by atoms with E-state index in [1.54, 1.807) is 24.3 Å². The van der Waals surface area contributed by atoms with E-state index in [9.17, 15) is 19.6 Å². The number of phenolic OH excluding ortho intramolecular Hbond substituents is 1. The van der Waals surface area contributed by atoms with E-state index in [2.05, 4.69) is 21.2 Å². The predicted octanol–water partition coefficient (Wildman–Crippen LogP) is 5.82. The predicted molar refractivity (Wildman–Crippen MR) is 126 cm³/mol. The van der Waals surface area contributed by atoms with E-state index >= 15 is 0 Å². The topological polar surface area (TPSA) is 91.6 Å². The molecule has 3 rings (SSSR count). The summed E-state index contributed by atoms with van der Waals surface area (Å²) >= 11 is 3.46. The van der Waals surface area contributed by atoms with Gasteiger partial charge in [-0.05, 0) is 88.6 Å². The van der Waals surface area contributed by atoms with Gasteiger partial charge in [-0.2, -0.15) is 5.26 Å². The molecule has 0 heterocycles. The minimum Gasteiger partial charge on any atom is -0.508 e. The molecule has 0 aliphatic rings. The summed E-state index contributed by atoms with van der Waals surface area (Å²) in [5.41, 5.74) is 1.67. The maximum atomic E-state index is 13.1. The number of nitrogens with zero attached hydrogens (tertiary/aromatic N) is 1. The lowest BCUT2D eigenvalue weighted by molar-refractivity contribution is -0.112. The molecule has 0 aliphatic heterocycles. The molecule has 0 saturated carbocycles. The van der Waals surface area contributed by atoms with Crippen molar-refractivity contribution in [3.63, 3.8) is 0 Å². The molecule has 0 aliphatic carbocycles. The smallest absolute Gasteiger partial charge is 0.266 e. The van der Waals surface area contributed by atoms with Gasteiger partial charge in [-0.1, -0.05) is 12.1 Å². The summed E-state index contributed by atoms with van der Waals surface area (Å²) in [6.45, 7) is 2.40. The first kappa shape index (κ1) is 23.8. The number of hydrogen-bond donors (Lipinski definition) is 2. The van der Waals surface area contributed by atoms with Crippen LogP contribution in [0, 0.1) is 17.1 Å². The van der Waals surface area contributed by atoms with Gasteiger partial charge in [0.15, 0.2) is 11.5 Å². The van der Waals surface area contributed by atoms with Gasteiger partial charge in [0.05, 0.1) is 11.1 Å². The quantitative estimate of drug-likeness (QED) is 0.226. The van der Waals surface area contributed by atoms with Crippen molar-refractivity contribution in [3.05, 3.63) is 87.7 Å². The Hall–Kier alpha value is -3.83. The Labute approximate surface area is 199 Å². The minimum atomic E-state index is -0.589. The number of halogens is 2. The molecule has 2 N–H and O–H groups in total. The number of hydrogen-bond acceptors (Lipinski definition) is 5. The van der Waals surface area contributed by atoms with Gasteiger partial charge in [-0.3, -0.25) is 4.79 Å². The fourth-order valence-corrected chi connectivity index (χ4v) is 3.44. The van der Waals surface area contributed by atoms with Crippen LogP contribution in [0.25, 0.3) is 6.08 Å². The van der Waals surface area contributed by atoms with Crippen molar-refractivity contribution in [3.8, 4) is 23.3 Å². The lowest BCUT2D eigenvalue weighted by Gasteiger charge is -2.15. The lowest BCUT2D eigenvalue weighted by atomic mass is 10.1. The standard InChI is InChI=1S/C25H20BrFN2O4/c1-2-32-23-13-17(11-18(14-28)25(31)29-20-7-9-21(30)10-8-20)12-22(26)24(23)33-15-16-3-5-19(27)6-4-16/h3-13,30H,2,15H2,1H3,(H,29,31)/b18-11+. The Morgan fingerprint density at radius 2 is 1.85 bits per heavy atom. The van der Waals surface area contributed by atoms with Crippen molar-refractivity contribution >= 4 is 33.6 Å². The summed E-state index contributed by atoms with van der Waals surface area (Å²) < 4.78 is 25.3. The fraction of sp³-hybridized carbons (Fsp3) is 0.120. The van der Waals surface area contributed by atoms with Crippen LogP contribution in [0.3, 0.4) is 0 Å². The molecule has 3 aromatic rings. The zero-order valence-electron chi connectivity index (χ0n) is 17.6. The first-order chi connectivity index (χ1) is 15.9. The Balaban J connectivity index is 1.83. The van der Waals surface area contributed by atoms with Crippen molar-refractivity contribution in [1.29, 1.82) is 5.26 Å². The summed E-state index contributed by atoms with van der Waals surface area (Å²) in [6, 6.07) is 17.2. The van der Waals surface area contributed by atoms with Crippen molar-refractivity contribution in [2.24, 2.45) is 0 Å². The van der Waals surface area contributed by atoms with Crippen molar-refractivity contribution in [1.82, 2.24) is 0 Å². The molecule has 0 fully saturated rings. The van der Waals surface area contributed by atoms with Crippen LogP contribution < -0.4 is 14.8 Å². The number of amides is 1. The molecule has 168 valence electrons. The van der Waals surface area contributed by atoms with Crippen molar-refractivity contribution in [2.45, 2.75) is 13.5 Å². The molecule has 3 aromatic carbocycles. The lowest BCUT2D eigenvalue weighted by Crippen LogP contribution is -2.13. The summed E-state index contributed by atoms with van der Waals surface area (Å²) in [5.74, 6) is 0.0312. The van der Waals surface area contributed by atoms with Crippen LogP contribution in [-0.4, -0.2) is 17.6 Å². The number of nitrogens with one attached hydrogen (secondary N) is 1. The Morgan fingerprint density at radius 1 is 1.15 bits per heavy atom. The average molecular weight is 511 g/mol. The molecule has 0 unspecified atom stereocenters. The van der Waals surface area contributed by atoms with Gasteiger partial charge < -0.3 is 19.9 Å². The molecule has 1 amide bonds. The molecule has 0 saturated heterocycles. The third kappa shape index (κ3) is 6.57. The molecule has 6 nitrogen and oxygen atoms in total. The number of benzene rings is 3. The maximum Gasteiger partial charge on any atom is 0.266 e. The third-order valence-electron chi connectivity index (χ3n) is 4.43. The number of nitriles is 1. The highest BCUT2D eigenvalue weighted by Gasteiger charge is 2.15. The van der Waals surface area contributed by atoms with Crippen LogP contribution >= 0.6 is 15.9 Å². The Morgan fingerprint density at radius 3 is 2.48 bits per heavy atom. The van der Waals surface area contributed by atoms with Crippen LogP contribution in [0.5, 0.6) is 17.2 Å². The highest BCUT2D eigenvalue weighted by atomic mass is 79.9. The largest absolute Gasteiger partial charge is 0.508 e. The number of ether oxygens (including phenoxy) is 2. The minimum absolute atomic E-state index is 0.0686. The van der Waals surface area contributed by atoms with Crippen LogP contribution in [0.2, 0.25) is 0 Å². The molecule has 0 aromatic heterocycles. The third-order valence-corrected chi connectivity index (χ3v) is 5.02. The number of carbonyl (C=O) groups is 1. The van der Waals surface area contributed by atoms with Gasteiger partial charge >= 0.3 is 0 Å².